The second-order valence-corrected chi connectivity index (χ2v) is 3.21. The highest BCUT2D eigenvalue weighted by Crippen LogP contribution is 2.15. The fraction of sp³-hybridized carbons (Fsp3) is 0.417. The Hall–Kier alpha value is -1.71. The van der Waals surface area contributed by atoms with Gasteiger partial charge in [-0.3, -0.25) is 4.79 Å². The Morgan fingerprint density at radius 1 is 1.31 bits per heavy atom. The van der Waals surface area contributed by atoms with E-state index in [4.69, 9.17) is 4.74 Å². The van der Waals surface area contributed by atoms with E-state index in [1.807, 2.05) is 31.2 Å². The minimum Gasteiger partial charge on any atom is -0.494 e. The minimum atomic E-state index is -0.210. The molecule has 0 aliphatic heterocycles. The zero-order valence-corrected chi connectivity index (χ0v) is 9.66. The number of esters is 1. The van der Waals surface area contributed by atoms with Crippen molar-refractivity contribution in [1.29, 1.82) is 0 Å². The van der Waals surface area contributed by atoms with Crippen LogP contribution in [-0.4, -0.2) is 26.2 Å². The van der Waals surface area contributed by atoms with Crippen molar-refractivity contribution < 1.29 is 14.3 Å². The van der Waals surface area contributed by atoms with Crippen molar-refractivity contribution in [2.45, 2.75) is 13.3 Å². The monoisotopic (exact) mass is 223 g/mol. The summed E-state index contributed by atoms with van der Waals surface area (Å²) in [4.78, 5) is 10.9. The highest BCUT2D eigenvalue weighted by molar-refractivity contribution is 5.69. The summed E-state index contributed by atoms with van der Waals surface area (Å²) in [6, 6.07) is 7.62. The van der Waals surface area contributed by atoms with Crippen molar-refractivity contribution in [2.24, 2.45) is 0 Å². The lowest BCUT2D eigenvalue weighted by molar-refractivity contribution is -0.140. The number of hydrogen-bond acceptors (Lipinski definition) is 4. The van der Waals surface area contributed by atoms with Crippen molar-refractivity contribution in [3.05, 3.63) is 24.3 Å². The Kier molecular flexibility index (Phi) is 5.19. The minimum absolute atomic E-state index is 0.210. The number of ether oxygens (including phenoxy) is 2. The van der Waals surface area contributed by atoms with Crippen LogP contribution in [0.2, 0.25) is 0 Å². The van der Waals surface area contributed by atoms with E-state index in [-0.39, 0.29) is 5.97 Å². The zero-order valence-electron chi connectivity index (χ0n) is 9.66. The number of carbonyl (C=O) groups is 1. The van der Waals surface area contributed by atoms with Gasteiger partial charge in [-0.1, -0.05) is 0 Å². The summed E-state index contributed by atoms with van der Waals surface area (Å²) >= 11 is 0. The van der Waals surface area contributed by atoms with Gasteiger partial charge in [-0.15, -0.1) is 0 Å². The van der Waals surface area contributed by atoms with E-state index in [2.05, 4.69) is 10.1 Å². The van der Waals surface area contributed by atoms with E-state index < -0.39 is 0 Å². The molecular formula is C12H17NO3. The largest absolute Gasteiger partial charge is 0.494 e. The molecule has 1 aromatic rings. The maximum atomic E-state index is 10.9. The molecular weight excluding hydrogens is 206 g/mol. The predicted molar refractivity (Wildman–Crippen MR) is 62.7 cm³/mol. The molecule has 1 aromatic carbocycles. The SMILES string of the molecule is CCOc1ccc(NCCC(=O)OC)cc1. The van der Waals surface area contributed by atoms with Crippen LogP contribution in [0, 0.1) is 0 Å². The molecule has 0 aliphatic rings. The zero-order chi connectivity index (χ0) is 11.8. The molecule has 16 heavy (non-hydrogen) atoms. The lowest BCUT2D eigenvalue weighted by Gasteiger charge is -2.07. The summed E-state index contributed by atoms with van der Waals surface area (Å²) in [6.07, 6.45) is 0.365. The Labute approximate surface area is 95.6 Å². The van der Waals surface area contributed by atoms with Gasteiger partial charge in [-0.2, -0.15) is 0 Å². The first-order valence-corrected chi connectivity index (χ1v) is 5.29. The number of rotatable bonds is 6. The van der Waals surface area contributed by atoms with Crippen LogP contribution in [0.5, 0.6) is 5.75 Å². The van der Waals surface area contributed by atoms with Gasteiger partial charge in [0.15, 0.2) is 0 Å². The summed E-state index contributed by atoms with van der Waals surface area (Å²) in [6.45, 7) is 3.18. The normalized spacial score (nSPS) is 9.62. The number of methoxy groups -OCH3 is 1. The van der Waals surface area contributed by atoms with Crippen molar-refractivity contribution >= 4 is 11.7 Å². The molecule has 0 saturated heterocycles. The number of anilines is 1. The van der Waals surface area contributed by atoms with E-state index >= 15 is 0 Å². The van der Waals surface area contributed by atoms with Gasteiger partial charge in [0, 0.05) is 12.2 Å². The summed E-state index contributed by atoms with van der Waals surface area (Å²) in [7, 11) is 1.39. The first-order chi connectivity index (χ1) is 7.76. The molecule has 0 aliphatic carbocycles. The molecule has 1 rings (SSSR count). The van der Waals surface area contributed by atoms with Crippen LogP contribution in [0.15, 0.2) is 24.3 Å². The third-order valence-corrected chi connectivity index (χ3v) is 2.05. The Bertz CT molecular complexity index is 322. The van der Waals surface area contributed by atoms with Crippen molar-refractivity contribution in [2.75, 3.05) is 25.6 Å². The van der Waals surface area contributed by atoms with Crippen molar-refractivity contribution in [3.8, 4) is 5.75 Å². The fourth-order valence-electron chi connectivity index (χ4n) is 1.25. The molecule has 0 saturated carbocycles. The van der Waals surface area contributed by atoms with Crippen LogP contribution in [0.1, 0.15) is 13.3 Å². The van der Waals surface area contributed by atoms with E-state index in [1.165, 1.54) is 7.11 Å². The van der Waals surface area contributed by atoms with Crippen LogP contribution in [-0.2, 0) is 9.53 Å². The molecule has 0 fully saturated rings. The second kappa shape index (κ2) is 6.71. The summed E-state index contributed by atoms with van der Waals surface area (Å²) < 4.78 is 9.86. The molecule has 0 amide bonds. The maximum Gasteiger partial charge on any atom is 0.307 e. The topological polar surface area (TPSA) is 47.6 Å². The van der Waals surface area contributed by atoms with E-state index in [0.29, 0.717) is 19.6 Å². The van der Waals surface area contributed by atoms with Crippen LogP contribution in [0.25, 0.3) is 0 Å². The van der Waals surface area contributed by atoms with Gasteiger partial charge < -0.3 is 14.8 Å². The second-order valence-electron chi connectivity index (χ2n) is 3.21. The molecule has 0 radical (unpaired) electrons. The van der Waals surface area contributed by atoms with E-state index in [0.717, 1.165) is 11.4 Å². The lowest BCUT2D eigenvalue weighted by Crippen LogP contribution is -2.09. The number of benzene rings is 1. The van der Waals surface area contributed by atoms with Crippen LogP contribution in [0.3, 0.4) is 0 Å². The van der Waals surface area contributed by atoms with Gasteiger partial charge in [0.25, 0.3) is 0 Å². The molecule has 0 bridgehead atoms. The van der Waals surface area contributed by atoms with Crippen molar-refractivity contribution in [3.63, 3.8) is 0 Å². The van der Waals surface area contributed by atoms with Gasteiger partial charge in [0.05, 0.1) is 20.1 Å². The fourth-order valence-corrected chi connectivity index (χ4v) is 1.25. The molecule has 0 unspecified atom stereocenters. The van der Waals surface area contributed by atoms with E-state index in [9.17, 15) is 4.79 Å². The standard InChI is InChI=1S/C12H17NO3/c1-3-16-11-6-4-10(5-7-11)13-9-8-12(14)15-2/h4-7,13H,3,8-9H2,1-2H3. The van der Waals surface area contributed by atoms with Gasteiger partial charge in [-0.05, 0) is 31.2 Å². The Balaban J connectivity index is 2.34. The molecule has 88 valence electrons. The van der Waals surface area contributed by atoms with Gasteiger partial charge >= 0.3 is 5.97 Å². The molecule has 0 spiro atoms. The lowest BCUT2D eigenvalue weighted by atomic mass is 10.3. The summed E-state index contributed by atoms with van der Waals surface area (Å²) in [5.41, 5.74) is 0.965. The first kappa shape index (κ1) is 12.4. The molecule has 4 nitrogen and oxygen atoms in total. The highest BCUT2D eigenvalue weighted by atomic mass is 16.5. The van der Waals surface area contributed by atoms with Crippen LogP contribution < -0.4 is 10.1 Å². The third kappa shape index (κ3) is 4.21. The first-order valence-electron chi connectivity index (χ1n) is 5.29. The average molecular weight is 223 g/mol. The molecule has 1 N–H and O–H groups in total. The van der Waals surface area contributed by atoms with E-state index in [1.54, 1.807) is 0 Å². The summed E-state index contributed by atoms with van der Waals surface area (Å²) in [5.74, 6) is 0.638. The number of nitrogens with one attached hydrogen (secondary N) is 1. The third-order valence-electron chi connectivity index (χ3n) is 2.05. The van der Waals surface area contributed by atoms with Gasteiger partial charge in [0.2, 0.25) is 0 Å². The van der Waals surface area contributed by atoms with Crippen molar-refractivity contribution in [1.82, 2.24) is 0 Å². The predicted octanol–water partition coefficient (Wildman–Crippen LogP) is 2.06. The van der Waals surface area contributed by atoms with Gasteiger partial charge in [-0.25, -0.2) is 0 Å². The molecule has 0 heterocycles. The van der Waals surface area contributed by atoms with Crippen LogP contribution >= 0.6 is 0 Å². The quantitative estimate of drug-likeness (QED) is 0.750. The summed E-state index contributed by atoms with van der Waals surface area (Å²) in [5, 5.41) is 3.12. The smallest absolute Gasteiger partial charge is 0.307 e. The average Bonchev–Trinajstić information content (AvgIpc) is 2.31. The highest BCUT2D eigenvalue weighted by Gasteiger charge is 1.99. The maximum absolute atomic E-state index is 10.9. The Morgan fingerprint density at radius 3 is 2.56 bits per heavy atom. The number of carbonyl (C=O) groups excluding carboxylic acids is 1. The Morgan fingerprint density at radius 2 is 2.00 bits per heavy atom. The molecule has 0 atom stereocenters. The van der Waals surface area contributed by atoms with Gasteiger partial charge in [0.1, 0.15) is 5.75 Å². The van der Waals surface area contributed by atoms with Crippen LogP contribution in [0.4, 0.5) is 5.69 Å². The molecule has 4 heteroatoms. The number of hydrogen-bond donors (Lipinski definition) is 1. The molecule has 0 aromatic heterocycles.